The van der Waals surface area contributed by atoms with Crippen molar-refractivity contribution in [3.8, 4) is 5.75 Å². The molecule has 12 heteroatoms. The van der Waals surface area contributed by atoms with E-state index in [1.54, 1.807) is 18.2 Å². The van der Waals surface area contributed by atoms with E-state index < -0.39 is 27.3 Å². The molecular formula is C23H17ClN4O7. The van der Waals surface area contributed by atoms with Gasteiger partial charge in [0.15, 0.2) is 0 Å². The Morgan fingerprint density at radius 2 is 1.66 bits per heavy atom. The number of ether oxygens (including phenoxy) is 1. The lowest BCUT2D eigenvalue weighted by molar-refractivity contribution is -0.385. The molecular weight excluding hydrogens is 480 g/mol. The standard InChI is InChI=1S/C23H17ClN4O7/c1-35-21-5-3-2-4-17(21)22(29)26-19(12-14-6-9-16(10-7-14)27(31)32)23(30)25-15-8-11-18(24)20(13-15)28(33)34/h2-13H,1H3,(H,25,30)(H,26,29)/b19-12-. The fourth-order valence-electron chi connectivity index (χ4n) is 2.97. The number of hydrogen-bond donors (Lipinski definition) is 2. The summed E-state index contributed by atoms with van der Waals surface area (Å²) in [5.41, 5.74) is -0.203. The molecule has 2 amide bonds. The van der Waals surface area contributed by atoms with Gasteiger partial charge in [0.2, 0.25) is 0 Å². The molecule has 0 aromatic heterocycles. The number of non-ortho nitro benzene ring substituents is 1. The summed E-state index contributed by atoms with van der Waals surface area (Å²) >= 11 is 5.82. The molecule has 35 heavy (non-hydrogen) atoms. The van der Waals surface area contributed by atoms with Crippen molar-refractivity contribution < 1.29 is 24.2 Å². The summed E-state index contributed by atoms with van der Waals surface area (Å²) in [7, 11) is 1.39. The van der Waals surface area contributed by atoms with E-state index in [-0.39, 0.29) is 33.4 Å². The molecule has 3 aromatic rings. The lowest BCUT2D eigenvalue weighted by atomic mass is 10.1. The third-order valence-electron chi connectivity index (χ3n) is 4.66. The van der Waals surface area contributed by atoms with Gasteiger partial charge in [0.1, 0.15) is 16.5 Å². The number of methoxy groups -OCH3 is 1. The minimum atomic E-state index is -0.803. The van der Waals surface area contributed by atoms with Crippen LogP contribution >= 0.6 is 11.6 Å². The van der Waals surface area contributed by atoms with Crippen LogP contribution in [0.4, 0.5) is 17.1 Å². The first-order chi connectivity index (χ1) is 16.7. The van der Waals surface area contributed by atoms with Gasteiger partial charge >= 0.3 is 0 Å². The van der Waals surface area contributed by atoms with E-state index in [2.05, 4.69) is 10.6 Å². The van der Waals surface area contributed by atoms with E-state index in [1.807, 2.05) is 0 Å². The predicted octanol–water partition coefficient (Wildman–Crippen LogP) is 4.57. The van der Waals surface area contributed by atoms with E-state index in [4.69, 9.17) is 16.3 Å². The van der Waals surface area contributed by atoms with E-state index >= 15 is 0 Å². The average molecular weight is 497 g/mol. The number of nitrogens with one attached hydrogen (secondary N) is 2. The minimum absolute atomic E-state index is 0.0623. The Balaban J connectivity index is 1.96. The summed E-state index contributed by atoms with van der Waals surface area (Å²) in [6.45, 7) is 0. The third kappa shape index (κ3) is 6.18. The molecule has 11 nitrogen and oxygen atoms in total. The number of benzene rings is 3. The lowest BCUT2D eigenvalue weighted by Crippen LogP contribution is -2.31. The fourth-order valence-corrected chi connectivity index (χ4v) is 3.15. The number of para-hydroxylation sites is 1. The Morgan fingerprint density at radius 3 is 2.29 bits per heavy atom. The highest BCUT2D eigenvalue weighted by Crippen LogP contribution is 2.27. The highest BCUT2D eigenvalue weighted by Gasteiger charge is 2.19. The maximum Gasteiger partial charge on any atom is 0.289 e. The number of carbonyl (C=O) groups excluding carboxylic acids is 2. The predicted molar refractivity (Wildman–Crippen MR) is 128 cm³/mol. The number of amides is 2. The number of hydrogen-bond acceptors (Lipinski definition) is 7. The van der Waals surface area contributed by atoms with Crippen LogP contribution in [0.3, 0.4) is 0 Å². The van der Waals surface area contributed by atoms with Crippen molar-refractivity contribution in [2.24, 2.45) is 0 Å². The molecule has 178 valence electrons. The van der Waals surface area contributed by atoms with Crippen molar-refractivity contribution in [3.63, 3.8) is 0 Å². The maximum atomic E-state index is 13.0. The van der Waals surface area contributed by atoms with E-state index in [0.717, 1.165) is 6.07 Å². The van der Waals surface area contributed by atoms with Gasteiger partial charge in [0.05, 0.1) is 22.5 Å². The Hall–Kier alpha value is -4.77. The van der Waals surface area contributed by atoms with Crippen LogP contribution in [-0.2, 0) is 4.79 Å². The van der Waals surface area contributed by atoms with Crippen molar-refractivity contribution in [1.29, 1.82) is 0 Å². The van der Waals surface area contributed by atoms with E-state index in [0.29, 0.717) is 5.56 Å². The third-order valence-corrected chi connectivity index (χ3v) is 4.98. The molecule has 2 N–H and O–H groups in total. The van der Waals surface area contributed by atoms with Crippen LogP contribution < -0.4 is 15.4 Å². The van der Waals surface area contributed by atoms with Gasteiger partial charge in [0.25, 0.3) is 23.2 Å². The van der Waals surface area contributed by atoms with Crippen molar-refractivity contribution in [2.45, 2.75) is 0 Å². The van der Waals surface area contributed by atoms with Crippen LogP contribution in [-0.4, -0.2) is 28.8 Å². The zero-order valence-electron chi connectivity index (χ0n) is 18.1. The normalized spacial score (nSPS) is 10.9. The highest BCUT2D eigenvalue weighted by atomic mass is 35.5. The van der Waals surface area contributed by atoms with Gasteiger partial charge in [-0.15, -0.1) is 0 Å². The molecule has 3 aromatic carbocycles. The number of anilines is 1. The molecule has 0 heterocycles. The number of carbonyl (C=O) groups is 2. The molecule has 3 rings (SSSR count). The summed E-state index contributed by atoms with van der Waals surface area (Å²) < 4.78 is 5.18. The monoisotopic (exact) mass is 496 g/mol. The second kappa shape index (κ2) is 10.9. The topological polar surface area (TPSA) is 154 Å². The molecule has 0 aliphatic heterocycles. The zero-order valence-corrected chi connectivity index (χ0v) is 18.8. The minimum Gasteiger partial charge on any atom is -0.496 e. The molecule has 0 spiro atoms. The number of nitro benzene ring substituents is 2. The quantitative estimate of drug-likeness (QED) is 0.263. The molecule has 0 unspecified atom stereocenters. The summed E-state index contributed by atoms with van der Waals surface area (Å²) in [5, 5.41) is 26.9. The fraction of sp³-hybridized carbons (Fsp3) is 0.0435. The molecule has 0 aliphatic carbocycles. The van der Waals surface area contributed by atoms with Gasteiger partial charge in [-0.25, -0.2) is 0 Å². The Morgan fingerprint density at radius 1 is 0.971 bits per heavy atom. The van der Waals surface area contributed by atoms with E-state index in [9.17, 15) is 29.8 Å². The second-order valence-electron chi connectivity index (χ2n) is 6.94. The second-order valence-corrected chi connectivity index (χ2v) is 7.35. The van der Waals surface area contributed by atoms with Crippen LogP contribution in [0.2, 0.25) is 5.02 Å². The van der Waals surface area contributed by atoms with Crippen molar-refractivity contribution in [2.75, 3.05) is 12.4 Å². The van der Waals surface area contributed by atoms with Gasteiger partial charge in [-0.05, 0) is 48.0 Å². The lowest BCUT2D eigenvalue weighted by Gasteiger charge is -2.13. The van der Waals surface area contributed by atoms with Gasteiger partial charge in [-0.3, -0.25) is 29.8 Å². The summed E-state index contributed by atoms with van der Waals surface area (Å²) in [6.07, 6.45) is 1.30. The molecule has 0 saturated heterocycles. The van der Waals surface area contributed by atoms with Gasteiger partial charge in [-0.1, -0.05) is 23.7 Å². The number of nitro groups is 2. The van der Waals surface area contributed by atoms with Gasteiger partial charge in [0, 0.05) is 23.9 Å². The number of halogens is 1. The number of rotatable bonds is 8. The first kappa shape index (κ1) is 24.9. The first-order valence-corrected chi connectivity index (χ1v) is 10.2. The molecule has 0 bridgehead atoms. The zero-order chi connectivity index (χ0) is 25.5. The van der Waals surface area contributed by atoms with E-state index in [1.165, 1.54) is 55.7 Å². The Bertz CT molecular complexity index is 1340. The molecule has 0 atom stereocenters. The number of nitrogens with zero attached hydrogens (tertiary/aromatic N) is 2. The van der Waals surface area contributed by atoms with Crippen LogP contribution in [0, 0.1) is 20.2 Å². The van der Waals surface area contributed by atoms with Crippen LogP contribution in [0.5, 0.6) is 5.75 Å². The van der Waals surface area contributed by atoms with Crippen LogP contribution in [0.1, 0.15) is 15.9 Å². The smallest absolute Gasteiger partial charge is 0.289 e. The van der Waals surface area contributed by atoms with Crippen LogP contribution in [0.15, 0.2) is 72.4 Å². The molecule has 0 fully saturated rings. The maximum absolute atomic E-state index is 13.0. The Labute approximate surface area is 203 Å². The Kier molecular flexibility index (Phi) is 7.74. The first-order valence-electron chi connectivity index (χ1n) is 9.85. The summed E-state index contributed by atoms with van der Waals surface area (Å²) in [5.74, 6) is -1.19. The highest BCUT2D eigenvalue weighted by molar-refractivity contribution is 6.32. The average Bonchev–Trinajstić information content (AvgIpc) is 2.84. The molecule has 0 radical (unpaired) electrons. The van der Waals surface area contributed by atoms with Crippen molar-refractivity contribution in [3.05, 3.63) is 109 Å². The molecule has 0 saturated carbocycles. The molecule has 0 aliphatic rings. The van der Waals surface area contributed by atoms with Gasteiger partial charge < -0.3 is 15.4 Å². The summed E-state index contributed by atoms with van der Waals surface area (Å²) in [4.78, 5) is 46.7. The largest absolute Gasteiger partial charge is 0.496 e. The van der Waals surface area contributed by atoms with Gasteiger partial charge in [-0.2, -0.15) is 0 Å². The SMILES string of the molecule is COc1ccccc1C(=O)N/C(=C\c1ccc([N+](=O)[O-])cc1)C(=O)Nc1ccc(Cl)c([N+](=O)[O-])c1. The summed E-state index contributed by atoms with van der Waals surface area (Å²) in [6, 6.07) is 15.3. The van der Waals surface area contributed by atoms with Crippen molar-refractivity contribution in [1.82, 2.24) is 5.32 Å². The van der Waals surface area contributed by atoms with Crippen LogP contribution in [0.25, 0.3) is 6.08 Å². The van der Waals surface area contributed by atoms with Crippen molar-refractivity contribution >= 4 is 46.6 Å².